The highest BCUT2D eigenvalue weighted by molar-refractivity contribution is 5.93. The Kier molecular flexibility index (Phi) is 3.69. The third-order valence-electron chi connectivity index (χ3n) is 3.51. The summed E-state index contributed by atoms with van der Waals surface area (Å²) in [7, 11) is 0. The molecule has 0 atom stereocenters. The molecule has 0 aliphatic heterocycles. The maximum Gasteiger partial charge on any atom is 0.269 e. The van der Waals surface area contributed by atoms with E-state index in [4.69, 9.17) is 0 Å². The molecule has 112 valence electrons. The lowest BCUT2D eigenvalue weighted by molar-refractivity contribution is 0.0945. The molecule has 7 nitrogen and oxygen atoms in total. The second kappa shape index (κ2) is 5.80. The molecule has 2 heterocycles. The van der Waals surface area contributed by atoms with Crippen LogP contribution in [0.15, 0.2) is 30.6 Å². The van der Waals surface area contributed by atoms with E-state index in [1.54, 1.807) is 6.07 Å². The van der Waals surface area contributed by atoms with Crippen LogP contribution in [0.3, 0.4) is 0 Å². The Morgan fingerprint density at radius 1 is 1.18 bits per heavy atom. The fourth-order valence-corrected chi connectivity index (χ4v) is 2.06. The van der Waals surface area contributed by atoms with Gasteiger partial charge in [-0.25, -0.2) is 4.98 Å². The summed E-state index contributed by atoms with van der Waals surface area (Å²) in [5.74, 6) is 0.362. The van der Waals surface area contributed by atoms with Gasteiger partial charge in [-0.3, -0.25) is 15.0 Å². The lowest BCUT2D eigenvalue weighted by Crippen LogP contribution is -2.23. The first-order valence-electron chi connectivity index (χ1n) is 6.89. The SMILES string of the molecule is Cc1ccc(-c2cc(C(=O)NCc3ncn[nH]3)[nH]n2)cc1C. The van der Waals surface area contributed by atoms with Crippen LogP contribution >= 0.6 is 0 Å². The van der Waals surface area contributed by atoms with Gasteiger partial charge in [-0.05, 0) is 37.1 Å². The third kappa shape index (κ3) is 2.88. The van der Waals surface area contributed by atoms with Crippen molar-refractivity contribution in [1.82, 2.24) is 30.7 Å². The van der Waals surface area contributed by atoms with Crippen LogP contribution in [0.25, 0.3) is 11.3 Å². The summed E-state index contributed by atoms with van der Waals surface area (Å²) in [5.41, 5.74) is 4.55. The van der Waals surface area contributed by atoms with Crippen LogP contribution in [-0.2, 0) is 6.54 Å². The first-order valence-corrected chi connectivity index (χ1v) is 6.89. The van der Waals surface area contributed by atoms with E-state index in [-0.39, 0.29) is 12.5 Å². The van der Waals surface area contributed by atoms with E-state index in [0.29, 0.717) is 11.5 Å². The van der Waals surface area contributed by atoms with Gasteiger partial charge in [-0.15, -0.1) is 0 Å². The zero-order valence-corrected chi connectivity index (χ0v) is 12.3. The van der Waals surface area contributed by atoms with Gasteiger partial charge in [0.15, 0.2) is 0 Å². The molecule has 0 saturated carbocycles. The van der Waals surface area contributed by atoms with Crippen LogP contribution in [-0.4, -0.2) is 31.3 Å². The van der Waals surface area contributed by atoms with E-state index in [0.717, 1.165) is 11.3 Å². The maximum absolute atomic E-state index is 12.1. The molecule has 0 fully saturated rings. The Bertz CT molecular complexity index is 790. The average molecular weight is 296 g/mol. The summed E-state index contributed by atoms with van der Waals surface area (Å²) in [6.45, 7) is 4.40. The van der Waals surface area contributed by atoms with Gasteiger partial charge in [0.1, 0.15) is 17.8 Å². The molecule has 3 N–H and O–H groups in total. The van der Waals surface area contributed by atoms with Gasteiger partial charge < -0.3 is 5.32 Å². The Balaban J connectivity index is 1.72. The number of H-pyrrole nitrogens is 2. The first-order chi connectivity index (χ1) is 10.6. The van der Waals surface area contributed by atoms with E-state index in [9.17, 15) is 4.79 Å². The molecule has 3 rings (SSSR count). The standard InChI is InChI=1S/C15H16N6O/c1-9-3-4-11(5-10(9)2)12-6-13(20-19-12)15(22)16-7-14-17-8-18-21-14/h3-6,8H,7H2,1-2H3,(H,16,22)(H,19,20)(H,17,18,21). The van der Waals surface area contributed by atoms with E-state index in [2.05, 4.69) is 50.6 Å². The average Bonchev–Trinajstić information content (AvgIpc) is 3.18. The number of benzene rings is 1. The van der Waals surface area contributed by atoms with Gasteiger partial charge in [-0.2, -0.15) is 10.2 Å². The highest BCUT2D eigenvalue weighted by Crippen LogP contribution is 2.20. The molecule has 3 aromatic rings. The monoisotopic (exact) mass is 296 g/mol. The molecule has 0 radical (unpaired) electrons. The molecule has 0 aliphatic rings. The Morgan fingerprint density at radius 3 is 2.77 bits per heavy atom. The van der Waals surface area contributed by atoms with Gasteiger partial charge in [0.25, 0.3) is 5.91 Å². The molecule has 1 amide bonds. The summed E-state index contributed by atoms with van der Waals surface area (Å²) in [5, 5.41) is 16.1. The normalized spacial score (nSPS) is 10.6. The van der Waals surface area contributed by atoms with Crippen LogP contribution in [0.4, 0.5) is 0 Å². The topological polar surface area (TPSA) is 99.4 Å². The summed E-state index contributed by atoms with van der Waals surface area (Å²) in [6, 6.07) is 7.83. The molecular weight excluding hydrogens is 280 g/mol. The van der Waals surface area contributed by atoms with Gasteiger partial charge in [-0.1, -0.05) is 12.1 Å². The number of carbonyl (C=O) groups excluding carboxylic acids is 1. The number of hydrogen-bond acceptors (Lipinski definition) is 4. The predicted molar refractivity (Wildman–Crippen MR) is 81.1 cm³/mol. The number of aryl methyl sites for hydroxylation is 2. The van der Waals surface area contributed by atoms with Crippen molar-refractivity contribution in [3.05, 3.63) is 53.2 Å². The number of nitrogens with zero attached hydrogens (tertiary/aromatic N) is 3. The van der Waals surface area contributed by atoms with Crippen LogP contribution in [0.1, 0.15) is 27.4 Å². The summed E-state index contributed by atoms with van der Waals surface area (Å²) in [4.78, 5) is 16.0. The fraction of sp³-hybridized carbons (Fsp3) is 0.200. The summed E-state index contributed by atoms with van der Waals surface area (Å²) in [6.07, 6.45) is 1.40. The molecule has 0 bridgehead atoms. The highest BCUT2D eigenvalue weighted by Gasteiger charge is 2.11. The van der Waals surface area contributed by atoms with Crippen LogP contribution < -0.4 is 5.32 Å². The first kappa shape index (κ1) is 14.0. The van der Waals surface area contributed by atoms with Crippen molar-refractivity contribution in [3.8, 4) is 11.3 Å². The van der Waals surface area contributed by atoms with Crippen LogP contribution in [0.5, 0.6) is 0 Å². The van der Waals surface area contributed by atoms with Crippen molar-refractivity contribution in [2.75, 3.05) is 0 Å². The second-order valence-corrected chi connectivity index (χ2v) is 5.08. The van der Waals surface area contributed by atoms with Crippen molar-refractivity contribution in [2.24, 2.45) is 0 Å². The van der Waals surface area contributed by atoms with E-state index < -0.39 is 0 Å². The number of amides is 1. The molecule has 7 heteroatoms. The van der Waals surface area contributed by atoms with Crippen molar-refractivity contribution in [3.63, 3.8) is 0 Å². The van der Waals surface area contributed by atoms with E-state index in [1.165, 1.54) is 17.5 Å². The molecular formula is C15H16N6O. The van der Waals surface area contributed by atoms with Crippen LogP contribution in [0.2, 0.25) is 0 Å². The lowest BCUT2D eigenvalue weighted by Gasteiger charge is -2.02. The van der Waals surface area contributed by atoms with Gasteiger partial charge in [0, 0.05) is 5.56 Å². The number of carbonyl (C=O) groups is 1. The molecule has 22 heavy (non-hydrogen) atoms. The lowest BCUT2D eigenvalue weighted by atomic mass is 10.0. The van der Waals surface area contributed by atoms with Gasteiger partial charge in [0.05, 0.1) is 12.2 Å². The number of rotatable bonds is 4. The molecule has 0 unspecified atom stereocenters. The highest BCUT2D eigenvalue weighted by atomic mass is 16.1. The van der Waals surface area contributed by atoms with Crippen molar-refractivity contribution < 1.29 is 4.79 Å². The smallest absolute Gasteiger partial charge is 0.269 e. The summed E-state index contributed by atoms with van der Waals surface area (Å²) >= 11 is 0. The molecule has 0 saturated heterocycles. The van der Waals surface area contributed by atoms with Gasteiger partial charge in [0.2, 0.25) is 0 Å². The van der Waals surface area contributed by atoms with Crippen LogP contribution in [0, 0.1) is 13.8 Å². The van der Waals surface area contributed by atoms with Crippen molar-refractivity contribution >= 4 is 5.91 Å². The van der Waals surface area contributed by atoms with Crippen molar-refractivity contribution in [2.45, 2.75) is 20.4 Å². The minimum Gasteiger partial charge on any atom is -0.343 e. The second-order valence-electron chi connectivity index (χ2n) is 5.08. The Hall–Kier alpha value is -2.96. The number of nitrogens with one attached hydrogen (secondary N) is 3. The quantitative estimate of drug-likeness (QED) is 0.683. The largest absolute Gasteiger partial charge is 0.343 e. The maximum atomic E-state index is 12.1. The van der Waals surface area contributed by atoms with E-state index >= 15 is 0 Å². The minimum absolute atomic E-state index is 0.237. The third-order valence-corrected chi connectivity index (χ3v) is 3.51. The number of aromatic amines is 2. The van der Waals surface area contributed by atoms with E-state index in [1.807, 2.05) is 12.1 Å². The number of aromatic nitrogens is 5. The molecule has 0 aliphatic carbocycles. The zero-order valence-electron chi connectivity index (χ0n) is 12.3. The molecule has 1 aromatic carbocycles. The fourth-order valence-electron chi connectivity index (χ4n) is 2.06. The molecule has 2 aromatic heterocycles. The van der Waals surface area contributed by atoms with Crippen molar-refractivity contribution in [1.29, 1.82) is 0 Å². The summed E-state index contributed by atoms with van der Waals surface area (Å²) < 4.78 is 0. The zero-order chi connectivity index (χ0) is 15.5. The minimum atomic E-state index is -0.237. The van der Waals surface area contributed by atoms with Gasteiger partial charge >= 0.3 is 0 Å². The molecule has 0 spiro atoms. The Labute approximate surface area is 127 Å². The Morgan fingerprint density at radius 2 is 2.05 bits per heavy atom. The predicted octanol–water partition coefficient (Wildman–Crippen LogP) is 1.74. The number of hydrogen-bond donors (Lipinski definition) is 3.